The predicted molar refractivity (Wildman–Crippen MR) is 169 cm³/mol. The van der Waals surface area contributed by atoms with Crippen molar-refractivity contribution in [2.75, 3.05) is 0 Å². The van der Waals surface area contributed by atoms with Crippen LogP contribution in [0.3, 0.4) is 0 Å². The van der Waals surface area contributed by atoms with Crippen molar-refractivity contribution < 1.29 is 97.2 Å². The number of carbonyl (C=O) groups excluding carboxylic acids is 1. The Morgan fingerprint density at radius 3 is 0.919 bits per heavy atom. The molecule has 0 atom stereocenters. The first-order chi connectivity index (χ1) is 29.0. The molecule has 0 N–H and O–H groups in total. The zero-order valence-corrected chi connectivity index (χ0v) is 29.2. The maximum Gasteiger partial charge on any atom is 0.227 e. The fourth-order valence-electron chi connectivity index (χ4n) is 6.32. The van der Waals surface area contributed by atoms with Crippen LogP contribution < -0.4 is 26.4 Å². The molecule has 1 aromatic heterocycles. The van der Waals surface area contributed by atoms with E-state index >= 15 is 35.1 Å². The highest BCUT2D eigenvalue weighted by molar-refractivity contribution is 7.20. The summed E-state index contributed by atoms with van der Waals surface area (Å²) in [4.78, 5) is 15.8. The van der Waals surface area contributed by atoms with Crippen LogP contribution in [0.2, 0.25) is 0 Å². The van der Waals surface area contributed by atoms with Crippen LogP contribution in [0, 0.1) is 128 Å². The van der Waals surface area contributed by atoms with Gasteiger partial charge in [0.05, 0.1) is 24.0 Å². The van der Waals surface area contributed by atoms with Crippen molar-refractivity contribution in [3.8, 4) is 6.07 Å². The largest absolute Gasteiger partial charge is 0.287 e. The number of hydrogen-bond donors (Lipinski definition) is 0. The molecule has 5 aromatic carbocycles. The summed E-state index contributed by atoms with van der Waals surface area (Å²) in [5.41, 5.74) is -13.2. The summed E-state index contributed by atoms with van der Waals surface area (Å²) in [6.07, 6.45) is -0.480. The number of carbonyl (C=O) groups is 1. The number of hydrogen-bond acceptors (Lipinski definition) is 3. The number of nitriles is 1. The summed E-state index contributed by atoms with van der Waals surface area (Å²) in [5.74, 6) is -71.4. The maximum atomic E-state index is 15.4. The molecular weight excluding hydrogens is 893 g/mol. The lowest BCUT2D eigenvalue weighted by Gasteiger charge is -2.44. The molecule has 322 valence electrons. The van der Waals surface area contributed by atoms with Crippen molar-refractivity contribution in [3.63, 3.8) is 0 Å². The molecular formula is C37H10BF20N3O. The minimum Gasteiger partial charge on any atom is -0.287 e. The highest BCUT2D eigenvalue weighted by Crippen LogP contribution is 2.30. The summed E-state index contributed by atoms with van der Waals surface area (Å²) in [6, 6.07) is 8.64. The summed E-state index contributed by atoms with van der Waals surface area (Å²) in [6.45, 7) is 0.272. The van der Waals surface area contributed by atoms with Crippen LogP contribution in [0.15, 0.2) is 49.1 Å². The molecule has 0 aliphatic carbocycles. The van der Waals surface area contributed by atoms with Gasteiger partial charge in [-0.05, 0) is 24.3 Å². The maximum absolute atomic E-state index is 15.4. The summed E-state index contributed by atoms with van der Waals surface area (Å²) >= 11 is 0. The van der Waals surface area contributed by atoms with Gasteiger partial charge in [0.2, 0.25) is 12.3 Å². The molecule has 0 unspecified atom stereocenters. The molecule has 0 aliphatic heterocycles. The normalized spacial score (nSPS) is 11.3. The van der Waals surface area contributed by atoms with Gasteiger partial charge in [0.25, 0.3) is 0 Å². The van der Waals surface area contributed by atoms with Gasteiger partial charge in [0.1, 0.15) is 52.7 Å². The third-order valence-corrected chi connectivity index (χ3v) is 9.06. The molecule has 0 bridgehead atoms. The fraction of sp³-hybridized carbons (Fsp3) is 0.0270. The number of nitrogens with zero attached hydrogens (tertiary/aromatic N) is 3. The van der Waals surface area contributed by atoms with Crippen LogP contribution in [-0.4, -0.2) is 16.9 Å². The number of aromatic nitrogens is 2. The molecule has 1 heterocycles. The van der Waals surface area contributed by atoms with E-state index in [0.29, 0.717) is 11.1 Å². The Bertz CT molecular complexity index is 2470. The molecule has 0 fully saturated rings. The van der Waals surface area contributed by atoms with Crippen molar-refractivity contribution in [3.05, 3.63) is 177 Å². The minimum atomic E-state index is -7.22. The third kappa shape index (κ3) is 7.21. The van der Waals surface area contributed by atoms with E-state index in [2.05, 4.69) is 4.98 Å². The van der Waals surface area contributed by atoms with Crippen LogP contribution in [0.25, 0.3) is 0 Å². The van der Waals surface area contributed by atoms with E-state index in [1.165, 1.54) is 0 Å². The SMILES string of the molecule is Fc1c(F)c(F)c([B-](c2c(F)c(F)c(F)c(F)c2F)(c2c(F)c(F)c(F)c(F)c2F)c2c(F)c(F)c(F)c(F)c2F)c(F)c1F.N#Cc1ccc(C(=O)C[n+]2ccncc2)cc1. The van der Waals surface area contributed by atoms with Crippen LogP contribution >= 0.6 is 0 Å². The quantitative estimate of drug-likeness (QED) is 0.0435. The minimum absolute atomic E-state index is 0.00527. The smallest absolute Gasteiger partial charge is 0.227 e. The Kier molecular flexibility index (Phi) is 12.8. The Morgan fingerprint density at radius 1 is 0.435 bits per heavy atom. The van der Waals surface area contributed by atoms with Gasteiger partial charge in [0.15, 0.2) is 82.2 Å². The van der Waals surface area contributed by atoms with Crippen molar-refractivity contribution in [1.82, 2.24) is 4.98 Å². The Hall–Kier alpha value is -7.00. The zero-order chi connectivity index (χ0) is 46.4. The zero-order valence-electron chi connectivity index (χ0n) is 29.2. The molecule has 0 aliphatic rings. The van der Waals surface area contributed by atoms with E-state index in [-0.39, 0.29) is 12.3 Å². The monoisotopic (exact) mass is 903 g/mol. The first kappa shape index (κ1) is 46.1. The van der Waals surface area contributed by atoms with Gasteiger partial charge in [-0.1, -0.05) is 0 Å². The predicted octanol–water partition coefficient (Wildman–Crippen LogP) is 6.97. The molecule has 62 heavy (non-hydrogen) atoms. The first-order valence-electron chi connectivity index (χ1n) is 16.1. The third-order valence-electron chi connectivity index (χ3n) is 9.06. The van der Waals surface area contributed by atoms with E-state index in [4.69, 9.17) is 5.26 Å². The van der Waals surface area contributed by atoms with Crippen LogP contribution in [0.4, 0.5) is 87.8 Å². The number of Topliss-reactive ketones (excluding diaryl/α,β-unsaturated/α-hetero) is 1. The Labute approximate surface area is 330 Å². The van der Waals surface area contributed by atoms with E-state index in [1.54, 1.807) is 53.6 Å². The van der Waals surface area contributed by atoms with Gasteiger partial charge < -0.3 is 0 Å². The van der Waals surface area contributed by atoms with E-state index in [1.807, 2.05) is 6.07 Å². The average molecular weight is 903 g/mol. The number of halogens is 20. The number of benzene rings is 5. The van der Waals surface area contributed by atoms with E-state index < -0.39 is 144 Å². The molecule has 6 aromatic rings. The Balaban J connectivity index is 0.000000355. The van der Waals surface area contributed by atoms with Gasteiger partial charge in [0, 0.05) is 5.56 Å². The topological polar surface area (TPSA) is 57.6 Å². The second kappa shape index (κ2) is 17.2. The fourth-order valence-corrected chi connectivity index (χ4v) is 6.32. The van der Waals surface area contributed by atoms with Crippen LogP contribution in [-0.2, 0) is 6.54 Å². The molecule has 0 radical (unpaired) electrons. The van der Waals surface area contributed by atoms with Gasteiger partial charge >= 0.3 is 0 Å². The van der Waals surface area contributed by atoms with Gasteiger partial charge in [-0.2, -0.15) is 9.83 Å². The summed E-state index contributed by atoms with van der Waals surface area (Å²) in [5, 5.41) is 8.66. The Morgan fingerprint density at radius 2 is 0.677 bits per heavy atom. The molecule has 0 spiro atoms. The van der Waals surface area contributed by atoms with Crippen molar-refractivity contribution in [2.45, 2.75) is 6.54 Å². The van der Waals surface area contributed by atoms with Crippen LogP contribution in [0.5, 0.6) is 0 Å². The number of rotatable bonds is 7. The average Bonchev–Trinajstić information content (AvgIpc) is 3.26. The number of ketones is 1. The molecule has 0 saturated carbocycles. The summed E-state index contributed by atoms with van der Waals surface area (Å²) < 4.78 is 296. The molecule has 6 rings (SSSR count). The molecule has 0 saturated heterocycles. The lowest BCUT2D eigenvalue weighted by Crippen LogP contribution is -2.81. The van der Waals surface area contributed by atoms with Gasteiger partial charge in [-0.15, -0.1) is 21.9 Å². The molecule has 25 heteroatoms. The molecule has 4 nitrogen and oxygen atoms in total. The lowest BCUT2D eigenvalue weighted by atomic mass is 9.12. The first-order valence-corrected chi connectivity index (χ1v) is 16.1. The van der Waals surface area contributed by atoms with Gasteiger partial charge in [-0.3, -0.25) is 9.78 Å². The second-order valence-corrected chi connectivity index (χ2v) is 12.3. The van der Waals surface area contributed by atoms with E-state index in [9.17, 15) is 57.5 Å². The molecule has 0 amide bonds. The van der Waals surface area contributed by atoms with Crippen molar-refractivity contribution in [1.29, 1.82) is 5.26 Å². The summed E-state index contributed by atoms with van der Waals surface area (Å²) in [7, 11) is 0. The van der Waals surface area contributed by atoms with E-state index in [0.717, 1.165) is 0 Å². The second-order valence-electron chi connectivity index (χ2n) is 12.3. The van der Waals surface area contributed by atoms with Crippen molar-refractivity contribution >= 4 is 33.8 Å². The highest BCUT2D eigenvalue weighted by atomic mass is 19.2. The highest BCUT2D eigenvalue weighted by Gasteiger charge is 2.52. The van der Waals surface area contributed by atoms with Gasteiger partial charge in [-0.25, -0.2) is 87.8 Å². The van der Waals surface area contributed by atoms with Crippen molar-refractivity contribution in [2.24, 2.45) is 0 Å². The van der Waals surface area contributed by atoms with Crippen LogP contribution in [0.1, 0.15) is 15.9 Å². The standard InChI is InChI=1S/C24BF20.C13H10N3O/c26-5-1(6(27)14(35)21(42)13(5)34)25(2-7(28)15(36)22(43)16(37)8(2)29,3-9(30)17(38)23(44)18(39)10(3)31)4-11(32)19(40)24(45)20(41)12(4)33;14-9-11-1-3-12(4-2-11)13(17)10-16-7-5-15-6-8-16/h;1-8H,10H2/q-1;+1. The lowest BCUT2D eigenvalue weighted by molar-refractivity contribution is -0.683.